The monoisotopic (exact) mass is 577 g/mol. The lowest BCUT2D eigenvalue weighted by Gasteiger charge is -2.18. The summed E-state index contributed by atoms with van der Waals surface area (Å²) in [5, 5.41) is 4.04. The number of esters is 1. The lowest BCUT2D eigenvalue weighted by atomic mass is 9.88. The maximum atomic E-state index is 12.7. The molecule has 1 aromatic carbocycles. The van der Waals surface area contributed by atoms with Crippen molar-refractivity contribution in [2.45, 2.75) is 39.7 Å². The van der Waals surface area contributed by atoms with Crippen LogP contribution >= 0.6 is 46.0 Å². The van der Waals surface area contributed by atoms with Gasteiger partial charge in [0.2, 0.25) is 5.91 Å². The van der Waals surface area contributed by atoms with Crippen LogP contribution in [0.1, 0.15) is 41.1 Å². The Bertz CT molecular complexity index is 1420. The number of thiazole rings is 1. The van der Waals surface area contributed by atoms with E-state index in [4.69, 9.17) is 16.3 Å². The number of thioether (sulfide) groups is 1. The summed E-state index contributed by atoms with van der Waals surface area (Å²) in [6.07, 6.45) is 4.45. The number of carbonyl (C=O) groups excluding carboxylic acids is 3. The van der Waals surface area contributed by atoms with Crippen LogP contribution < -0.4 is 10.1 Å². The number of nitrogens with zero attached hydrogens (tertiary/aromatic N) is 2. The van der Waals surface area contributed by atoms with Gasteiger partial charge in [0, 0.05) is 16.4 Å². The average Bonchev–Trinajstić information content (AvgIpc) is 3.35. The quantitative estimate of drug-likeness (QED) is 0.260. The zero-order valence-electron chi connectivity index (χ0n) is 20.7. The van der Waals surface area contributed by atoms with Crippen LogP contribution in [0.3, 0.4) is 0 Å². The van der Waals surface area contributed by atoms with Crippen LogP contribution in [0.4, 0.5) is 5.00 Å². The van der Waals surface area contributed by atoms with Crippen molar-refractivity contribution in [1.82, 2.24) is 4.57 Å². The van der Waals surface area contributed by atoms with E-state index < -0.39 is 5.97 Å². The number of benzene rings is 1. The lowest BCUT2D eigenvalue weighted by molar-refractivity contribution is -0.115. The second-order valence-corrected chi connectivity index (χ2v) is 12.3. The van der Waals surface area contributed by atoms with Gasteiger partial charge in [0.25, 0.3) is 5.91 Å². The summed E-state index contributed by atoms with van der Waals surface area (Å²) in [5.41, 5.74) is 2.41. The number of thiophene rings is 1. The molecule has 0 saturated carbocycles. The highest BCUT2D eigenvalue weighted by atomic mass is 35.5. The Morgan fingerprint density at radius 3 is 2.89 bits per heavy atom. The Labute approximate surface area is 232 Å². The fourth-order valence-electron chi connectivity index (χ4n) is 4.23. The van der Waals surface area contributed by atoms with Crippen LogP contribution in [0, 0.1) is 5.92 Å². The van der Waals surface area contributed by atoms with E-state index in [9.17, 15) is 14.4 Å². The number of ether oxygens (including phenoxy) is 1. The van der Waals surface area contributed by atoms with Gasteiger partial charge in [-0.1, -0.05) is 35.9 Å². The van der Waals surface area contributed by atoms with Crippen LogP contribution in [0.25, 0.3) is 10.2 Å². The Hall–Kier alpha value is -2.40. The first-order chi connectivity index (χ1) is 17.8. The third kappa shape index (κ3) is 6.54. The molecule has 0 fully saturated rings. The highest BCUT2D eigenvalue weighted by Gasteiger charge is 2.29. The van der Waals surface area contributed by atoms with Crippen LogP contribution in [-0.2, 0) is 33.7 Å². The molecule has 0 spiro atoms. The van der Waals surface area contributed by atoms with Crippen molar-refractivity contribution >= 4 is 79.0 Å². The molecule has 0 aliphatic heterocycles. The minimum atomic E-state index is -0.399. The van der Waals surface area contributed by atoms with E-state index in [1.807, 2.05) is 16.7 Å². The summed E-state index contributed by atoms with van der Waals surface area (Å²) in [7, 11) is 0. The molecule has 2 heterocycles. The SMILES string of the molecule is C=CCn1c(=NC(=O)CSCC(=O)Nc2sc3c(c2C(=O)OCC)CCC(C)C3)sc2cc(Cl)ccc21. The first-order valence-corrected chi connectivity index (χ1v) is 15.1. The van der Waals surface area contributed by atoms with Gasteiger partial charge in [0.05, 0.1) is 33.9 Å². The van der Waals surface area contributed by atoms with Crippen molar-refractivity contribution in [2.75, 3.05) is 23.4 Å². The highest BCUT2D eigenvalue weighted by Crippen LogP contribution is 2.40. The molecule has 1 unspecified atom stereocenters. The van der Waals surface area contributed by atoms with Crippen LogP contribution in [-0.4, -0.2) is 40.5 Å². The van der Waals surface area contributed by atoms with Gasteiger partial charge in [0.1, 0.15) is 5.00 Å². The molecule has 1 N–H and O–H groups in total. The molecular weight excluding hydrogens is 550 g/mol. The summed E-state index contributed by atoms with van der Waals surface area (Å²) in [6, 6.07) is 5.54. The minimum absolute atomic E-state index is 0.0553. The van der Waals surface area contributed by atoms with Crippen LogP contribution in [0.5, 0.6) is 0 Å². The molecule has 3 aromatic rings. The van der Waals surface area contributed by atoms with E-state index in [0.717, 1.165) is 39.9 Å². The van der Waals surface area contributed by atoms with Gasteiger partial charge in [0.15, 0.2) is 4.80 Å². The van der Waals surface area contributed by atoms with Crippen LogP contribution in [0.2, 0.25) is 5.02 Å². The number of hydrogen-bond donors (Lipinski definition) is 1. The van der Waals surface area contributed by atoms with Crippen molar-refractivity contribution in [1.29, 1.82) is 0 Å². The first-order valence-electron chi connectivity index (χ1n) is 12.0. The maximum absolute atomic E-state index is 12.7. The van der Waals surface area contributed by atoms with Gasteiger partial charge in [-0.3, -0.25) is 9.59 Å². The summed E-state index contributed by atoms with van der Waals surface area (Å²) >= 11 is 10.1. The summed E-state index contributed by atoms with van der Waals surface area (Å²) in [5.74, 6) is -0.340. The Balaban J connectivity index is 1.42. The average molecular weight is 578 g/mol. The zero-order valence-corrected chi connectivity index (χ0v) is 23.9. The molecule has 7 nitrogen and oxygen atoms in total. The molecule has 11 heteroatoms. The summed E-state index contributed by atoms with van der Waals surface area (Å²) in [4.78, 5) is 43.9. The van der Waals surface area contributed by atoms with E-state index in [1.54, 1.807) is 19.1 Å². The van der Waals surface area contributed by atoms with Gasteiger partial charge in [-0.15, -0.1) is 29.7 Å². The zero-order chi connectivity index (χ0) is 26.5. The van der Waals surface area contributed by atoms with E-state index in [1.165, 1.54) is 34.4 Å². The van der Waals surface area contributed by atoms with E-state index in [0.29, 0.717) is 32.9 Å². The molecule has 2 aromatic heterocycles. The molecule has 0 radical (unpaired) electrons. The lowest BCUT2D eigenvalue weighted by Crippen LogP contribution is -2.19. The predicted octanol–water partition coefficient (Wildman–Crippen LogP) is 5.70. The normalized spacial score (nSPS) is 15.4. The molecule has 37 heavy (non-hydrogen) atoms. The fraction of sp³-hybridized carbons (Fsp3) is 0.385. The predicted molar refractivity (Wildman–Crippen MR) is 153 cm³/mol. The third-order valence-electron chi connectivity index (χ3n) is 5.88. The van der Waals surface area contributed by atoms with Crippen LogP contribution in [0.15, 0.2) is 35.8 Å². The van der Waals surface area contributed by atoms with Crippen molar-refractivity contribution in [2.24, 2.45) is 10.9 Å². The van der Waals surface area contributed by atoms with Gasteiger partial charge in [-0.05, 0) is 55.9 Å². The molecule has 196 valence electrons. The van der Waals surface area contributed by atoms with Gasteiger partial charge >= 0.3 is 5.97 Å². The van der Waals surface area contributed by atoms with Crippen molar-refractivity contribution in [3.05, 3.63) is 56.7 Å². The number of amides is 2. The molecule has 0 saturated heterocycles. The number of rotatable bonds is 9. The van der Waals surface area contributed by atoms with E-state index in [2.05, 4.69) is 23.8 Å². The molecule has 1 aliphatic rings. The fourth-order valence-corrected chi connectivity index (χ4v) is 7.58. The van der Waals surface area contributed by atoms with Crippen molar-refractivity contribution in [3.8, 4) is 0 Å². The minimum Gasteiger partial charge on any atom is -0.462 e. The molecule has 2 amide bonds. The second-order valence-electron chi connectivity index (χ2n) is 8.72. The molecule has 1 atom stereocenters. The maximum Gasteiger partial charge on any atom is 0.341 e. The van der Waals surface area contributed by atoms with E-state index >= 15 is 0 Å². The number of hydrogen-bond acceptors (Lipinski definition) is 7. The molecule has 0 bridgehead atoms. The Morgan fingerprint density at radius 2 is 2.14 bits per heavy atom. The number of anilines is 1. The van der Waals surface area contributed by atoms with Crippen molar-refractivity contribution < 1.29 is 19.1 Å². The standard InChI is InChI=1S/C26H28ClN3O4S3/c1-4-10-30-18-9-7-16(27)12-20(18)37-26(30)29-22(32)14-35-13-21(31)28-24-23(25(33)34-5-2)17-8-6-15(3)11-19(17)36-24/h4,7,9,12,15H,1,5-6,8,10-11,13-14H2,2-3H3,(H,28,31). The van der Waals surface area contributed by atoms with Crippen molar-refractivity contribution in [3.63, 3.8) is 0 Å². The third-order valence-corrected chi connectivity index (χ3v) is 9.24. The Morgan fingerprint density at radius 1 is 1.32 bits per heavy atom. The second kappa shape index (κ2) is 12.4. The van der Waals surface area contributed by atoms with Gasteiger partial charge in [-0.2, -0.15) is 4.99 Å². The summed E-state index contributed by atoms with van der Waals surface area (Å²) in [6.45, 7) is 8.53. The van der Waals surface area contributed by atoms with E-state index in [-0.39, 0.29) is 29.9 Å². The number of halogens is 1. The molecule has 4 rings (SSSR count). The number of carbonyl (C=O) groups is 3. The first kappa shape index (κ1) is 27.6. The summed E-state index contributed by atoms with van der Waals surface area (Å²) < 4.78 is 8.11. The largest absolute Gasteiger partial charge is 0.462 e. The highest BCUT2D eigenvalue weighted by molar-refractivity contribution is 8.00. The topological polar surface area (TPSA) is 89.8 Å². The van der Waals surface area contributed by atoms with Gasteiger partial charge < -0.3 is 14.6 Å². The van der Waals surface area contributed by atoms with Gasteiger partial charge in [-0.25, -0.2) is 4.79 Å². The Kier molecular flexibility index (Phi) is 9.28. The number of allylic oxidation sites excluding steroid dienone is 1. The molecular formula is C26H28ClN3O4S3. The number of nitrogens with one attached hydrogen (secondary N) is 1. The number of aromatic nitrogens is 1. The molecule has 1 aliphatic carbocycles. The smallest absolute Gasteiger partial charge is 0.341 e. The number of fused-ring (bicyclic) bond motifs is 2.